The van der Waals surface area contributed by atoms with Crippen LogP contribution in [0.25, 0.3) is 0 Å². The fourth-order valence-electron chi connectivity index (χ4n) is 1.21. The van der Waals surface area contributed by atoms with Gasteiger partial charge in [-0.2, -0.15) is 0 Å². The predicted octanol–water partition coefficient (Wildman–Crippen LogP) is 2.78. The second kappa shape index (κ2) is 5.89. The molecule has 15 heavy (non-hydrogen) atoms. The van der Waals surface area contributed by atoms with E-state index in [1.54, 1.807) is 0 Å². The van der Waals surface area contributed by atoms with Crippen LogP contribution in [0.3, 0.4) is 0 Å². The zero-order chi connectivity index (χ0) is 11.3. The van der Waals surface area contributed by atoms with Crippen LogP contribution < -0.4 is 0 Å². The average molecular weight is 208 g/mol. The van der Waals surface area contributed by atoms with Crippen LogP contribution in [-0.4, -0.2) is 17.8 Å². The minimum Gasteiger partial charge on any atom is -0.386 e. The molecule has 1 aromatic carbocycles. The second-order valence-corrected chi connectivity index (χ2v) is 4.21. The molecule has 0 amide bonds. The van der Waals surface area contributed by atoms with Gasteiger partial charge in [0.05, 0.1) is 12.7 Å². The Bertz CT molecular complexity index is 269. The van der Waals surface area contributed by atoms with Crippen LogP contribution in [0.4, 0.5) is 0 Å². The molecule has 0 aliphatic heterocycles. The monoisotopic (exact) mass is 208 g/mol. The molecule has 84 valence electrons. The van der Waals surface area contributed by atoms with Crippen molar-refractivity contribution in [2.24, 2.45) is 5.92 Å². The highest BCUT2D eigenvalue weighted by Crippen LogP contribution is 2.14. The Morgan fingerprint density at radius 3 is 2.27 bits per heavy atom. The number of ether oxygens (including phenoxy) is 1. The van der Waals surface area contributed by atoms with E-state index in [4.69, 9.17) is 4.74 Å². The molecule has 2 unspecified atom stereocenters. The molecule has 0 saturated heterocycles. The summed E-state index contributed by atoms with van der Waals surface area (Å²) >= 11 is 0. The van der Waals surface area contributed by atoms with E-state index in [-0.39, 0.29) is 6.10 Å². The van der Waals surface area contributed by atoms with Gasteiger partial charge < -0.3 is 9.84 Å². The molecule has 0 aliphatic rings. The number of aliphatic hydroxyl groups excluding tert-OH is 1. The van der Waals surface area contributed by atoms with E-state index < -0.39 is 6.10 Å². The molecule has 0 spiro atoms. The molecule has 0 bridgehead atoms. The van der Waals surface area contributed by atoms with Gasteiger partial charge in [-0.3, -0.25) is 0 Å². The smallest absolute Gasteiger partial charge is 0.102 e. The van der Waals surface area contributed by atoms with Gasteiger partial charge in [-0.05, 0) is 18.4 Å². The lowest BCUT2D eigenvalue weighted by Crippen LogP contribution is -2.19. The van der Waals surface area contributed by atoms with E-state index >= 15 is 0 Å². The number of benzene rings is 1. The SMILES string of the molecule is CC(C)C(C)OCC(O)c1ccccc1. The van der Waals surface area contributed by atoms with Crippen molar-refractivity contribution in [3.8, 4) is 0 Å². The summed E-state index contributed by atoms with van der Waals surface area (Å²) in [6.45, 7) is 6.62. The maximum Gasteiger partial charge on any atom is 0.102 e. The van der Waals surface area contributed by atoms with E-state index in [2.05, 4.69) is 13.8 Å². The van der Waals surface area contributed by atoms with E-state index in [0.717, 1.165) is 5.56 Å². The maximum absolute atomic E-state index is 9.83. The van der Waals surface area contributed by atoms with Gasteiger partial charge in [-0.1, -0.05) is 44.2 Å². The topological polar surface area (TPSA) is 29.5 Å². The predicted molar refractivity (Wildman–Crippen MR) is 61.7 cm³/mol. The van der Waals surface area contributed by atoms with Crippen molar-refractivity contribution in [2.45, 2.75) is 33.0 Å². The van der Waals surface area contributed by atoms with Gasteiger partial charge in [-0.25, -0.2) is 0 Å². The van der Waals surface area contributed by atoms with Gasteiger partial charge in [-0.15, -0.1) is 0 Å². The molecule has 2 nitrogen and oxygen atoms in total. The largest absolute Gasteiger partial charge is 0.386 e. The molecule has 0 aliphatic carbocycles. The summed E-state index contributed by atoms with van der Waals surface area (Å²) < 4.78 is 5.57. The minimum atomic E-state index is -0.521. The zero-order valence-corrected chi connectivity index (χ0v) is 9.68. The maximum atomic E-state index is 9.83. The first-order valence-corrected chi connectivity index (χ1v) is 5.46. The van der Waals surface area contributed by atoms with E-state index in [1.807, 2.05) is 37.3 Å². The van der Waals surface area contributed by atoms with Crippen LogP contribution in [-0.2, 0) is 4.74 Å². The minimum absolute atomic E-state index is 0.184. The summed E-state index contributed by atoms with van der Waals surface area (Å²) in [5.41, 5.74) is 0.911. The summed E-state index contributed by atoms with van der Waals surface area (Å²) in [7, 11) is 0. The Labute approximate surface area is 91.9 Å². The number of aliphatic hydroxyl groups is 1. The Hall–Kier alpha value is -0.860. The van der Waals surface area contributed by atoms with Gasteiger partial charge >= 0.3 is 0 Å². The molecule has 0 radical (unpaired) electrons. The van der Waals surface area contributed by atoms with Crippen LogP contribution >= 0.6 is 0 Å². The Kier molecular flexibility index (Phi) is 4.79. The van der Waals surface area contributed by atoms with Crippen molar-refractivity contribution in [2.75, 3.05) is 6.61 Å². The molecule has 1 rings (SSSR count). The van der Waals surface area contributed by atoms with E-state index in [1.165, 1.54) is 0 Å². The fraction of sp³-hybridized carbons (Fsp3) is 0.538. The highest BCUT2D eigenvalue weighted by atomic mass is 16.5. The quantitative estimate of drug-likeness (QED) is 0.806. The first-order valence-electron chi connectivity index (χ1n) is 5.46. The lowest BCUT2D eigenvalue weighted by Gasteiger charge is -2.19. The van der Waals surface area contributed by atoms with E-state index in [9.17, 15) is 5.11 Å². The number of hydrogen-bond acceptors (Lipinski definition) is 2. The van der Waals surface area contributed by atoms with Crippen LogP contribution in [0.2, 0.25) is 0 Å². The third-order valence-electron chi connectivity index (χ3n) is 2.64. The van der Waals surface area contributed by atoms with Crippen molar-refractivity contribution < 1.29 is 9.84 Å². The summed E-state index contributed by atoms with van der Waals surface area (Å²) in [6, 6.07) is 9.60. The normalized spacial score (nSPS) is 15.3. The average Bonchev–Trinajstić information content (AvgIpc) is 2.26. The lowest BCUT2D eigenvalue weighted by atomic mass is 10.1. The molecular formula is C13H20O2. The summed E-state index contributed by atoms with van der Waals surface area (Å²) in [5.74, 6) is 0.480. The molecule has 1 N–H and O–H groups in total. The van der Waals surface area contributed by atoms with Crippen LogP contribution in [0.15, 0.2) is 30.3 Å². The summed E-state index contributed by atoms with van der Waals surface area (Å²) in [5, 5.41) is 9.83. The van der Waals surface area contributed by atoms with Crippen LogP contribution in [0.5, 0.6) is 0 Å². The summed E-state index contributed by atoms with van der Waals surface area (Å²) in [6.07, 6.45) is -0.337. The lowest BCUT2D eigenvalue weighted by molar-refractivity contribution is -0.0206. The zero-order valence-electron chi connectivity index (χ0n) is 9.68. The molecule has 1 aromatic rings. The number of hydrogen-bond donors (Lipinski definition) is 1. The highest BCUT2D eigenvalue weighted by Gasteiger charge is 2.11. The van der Waals surface area contributed by atoms with Gasteiger partial charge in [0.25, 0.3) is 0 Å². The van der Waals surface area contributed by atoms with Crippen LogP contribution in [0.1, 0.15) is 32.4 Å². The Balaban J connectivity index is 2.40. The first-order chi connectivity index (χ1) is 7.11. The van der Waals surface area contributed by atoms with Crippen molar-refractivity contribution >= 4 is 0 Å². The van der Waals surface area contributed by atoms with Gasteiger partial charge in [0.1, 0.15) is 6.10 Å². The summed E-state index contributed by atoms with van der Waals surface area (Å²) in [4.78, 5) is 0. The van der Waals surface area contributed by atoms with Crippen molar-refractivity contribution in [1.29, 1.82) is 0 Å². The first kappa shape index (κ1) is 12.2. The fourth-order valence-corrected chi connectivity index (χ4v) is 1.21. The molecule has 0 heterocycles. The number of rotatable bonds is 5. The van der Waals surface area contributed by atoms with Crippen molar-refractivity contribution in [3.63, 3.8) is 0 Å². The molecular weight excluding hydrogens is 188 g/mol. The third-order valence-corrected chi connectivity index (χ3v) is 2.64. The van der Waals surface area contributed by atoms with Gasteiger partial charge in [0, 0.05) is 0 Å². The third kappa shape index (κ3) is 4.02. The van der Waals surface area contributed by atoms with Gasteiger partial charge in [0.15, 0.2) is 0 Å². The molecule has 0 fully saturated rings. The molecule has 0 saturated carbocycles. The molecule has 2 atom stereocenters. The Morgan fingerprint density at radius 2 is 1.73 bits per heavy atom. The van der Waals surface area contributed by atoms with Gasteiger partial charge in [0.2, 0.25) is 0 Å². The second-order valence-electron chi connectivity index (χ2n) is 4.21. The van der Waals surface area contributed by atoms with E-state index in [0.29, 0.717) is 12.5 Å². The standard InChI is InChI=1S/C13H20O2/c1-10(2)11(3)15-9-13(14)12-7-5-4-6-8-12/h4-8,10-11,13-14H,9H2,1-3H3. The molecule has 2 heteroatoms. The highest BCUT2D eigenvalue weighted by molar-refractivity contribution is 5.17. The van der Waals surface area contributed by atoms with Crippen molar-refractivity contribution in [3.05, 3.63) is 35.9 Å². The molecule has 0 aromatic heterocycles. The van der Waals surface area contributed by atoms with Crippen LogP contribution in [0, 0.1) is 5.92 Å². The Morgan fingerprint density at radius 1 is 1.13 bits per heavy atom. The van der Waals surface area contributed by atoms with Crippen molar-refractivity contribution in [1.82, 2.24) is 0 Å².